The summed E-state index contributed by atoms with van der Waals surface area (Å²) in [6.45, 7) is 0. The minimum atomic E-state index is 0.345. The molecule has 2 aromatic carbocycles. The van der Waals surface area contributed by atoms with Crippen LogP contribution >= 0.6 is 63.7 Å². The molecule has 2 unspecified atom stereocenters. The van der Waals surface area contributed by atoms with E-state index in [1.807, 2.05) is 0 Å². The molecule has 2 atom stereocenters. The molecule has 0 fully saturated rings. The number of hydrogen-bond acceptors (Lipinski definition) is 0. The van der Waals surface area contributed by atoms with Crippen LogP contribution in [0, 0.1) is 0 Å². The molecule has 0 aromatic heterocycles. The molecule has 0 bridgehead atoms. The highest BCUT2D eigenvalue weighted by molar-refractivity contribution is 9.12. The Morgan fingerprint density at radius 3 is 1.45 bits per heavy atom. The second-order valence-electron chi connectivity index (χ2n) is 4.49. The predicted octanol–water partition coefficient (Wildman–Crippen LogP) is 7.02. The van der Waals surface area contributed by atoms with Crippen LogP contribution in [0.25, 0.3) is 11.1 Å². The predicted molar refractivity (Wildman–Crippen MR) is 103 cm³/mol. The maximum absolute atomic E-state index is 3.68. The summed E-state index contributed by atoms with van der Waals surface area (Å²) in [4.78, 5) is 0.689. The summed E-state index contributed by atoms with van der Waals surface area (Å²) in [5.41, 5.74) is 5.09. The van der Waals surface area contributed by atoms with Gasteiger partial charge in [-0.2, -0.15) is 0 Å². The van der Waals surface area contributed by atoms with E-state index >= 15 is 0 Å². The van der Waals surface area contributed by atoms with Crippen molar-refractivity contribution in [2.45, 2.75) is 9.65 Å². The van der Waals surface area contributed by atoms with Gasteiger partial charge in [0.15, 0.2) is 0 Å². The van der Waals surface area contributed by atoms with Gasteiger partial charge in [-0.15, -0.1) is 0 Å². The fourth-order valence-electron chi connectivity index (χ4n) is 2.00. The molecular weight excluding hydrogens is 512 g/mol. The SMILES string of the molecule is BrCC(Br)c1cccc(-c2cccc(C(Br)CBr)c2)c1. The molecule has 0 spiro atoms. The Labute approximate surface area is 153 Å². The van der Waals surface area contributed by atoms with Crippen LogP contribution in [0.3, 0.4) is 0 Å². The first-order chi connectivity index (χ1) is 9.65. The maximum atomic E-state index is 3.68. The molecule has 0 saturated carbocycles. The fraction of sp³-hybridized carbons (Fsp3) is 0.250. The lowest BCUT2D eigenvalue weighted by Gasteiger charge is -2.11. The molecule has 0 heterocycles. The molecule has 0 saturated heterocycles. The van der Waals surface area contributed by atoms with Crippen LogP contribution in [0.5, 0.6) is 0 Å². The molecule has 0 aliphatic carbocycles. The minimum absolute atomic E-state index is 0.345. The van der Waals surface area contributed by atoms with E-state index in [1.54, 1.807) is 0 Å². The first kappa shape index (κ1) is 16.7. The number of rotatable bonds is 5. The molecule has 20 heavy (non-hydrogen) atoms. The average Bonchev–Trinajstić information content (AvgIpc) is 2.53. The van der Waals surface area contributed by atoms with Crippen molar-refractivity contribution in [3.8, 4) is 11.1 Å². The summed E-state index contributed by atoms with van der Waals surface area (Å²) >= 11 is 14.4. The lowest BCUT2D eigenvalue weighted by Crippen LogP contribution is -1.93. The van der Waals surface area contributed by atoms with Gasteiger partial charge in [-0.25, -0.2) is 0 Å². The Hall–Kier alpha value is 0.360. The van der Waals surface area contributed by atoms with E-state index in [0.29, 0.717) is 9.65 Å². The van der Waals surface area contributed by atoms with Crippen molar-refractivity contribution >= 4 is 63.7 Å². The van der Waals surface area contributed by atoms with E-state index in [1.165, 1.54) is 22.3 Å². The smallest absolute Gasteiger partial charge is 0.0492 e. The van der Waals surface area contributed by atoms with E-state index in [2.05, 4.69) is 112 Å². The normalized spacial score (nSPS) is 14.0. The zero-order valence-corrected chi connectivity index (χ0v) is 17.0. The molecule has 106 valence electrons. The highest BCUT2D eigenvalue weighted by Gasteiger charge is 2.09. The van der Waals surface area contributed by atoms with Crippen LogP contribution in [-0.4, -0.2) is 10.7 Å². The highest BCUT2D eigenvalue weighted by Crippen LogP contribution is 2.31. The van der Waals surface area contributed by atoms with Crippen molar-refractivity contribution in [1.82, 2.24) is 0 Å². The summed E-state index contributed by atoms with van der Waals surface area (Å²) in [5, 5.41) is 1.81. The Kier molecular flexibility index (Phi) is 6.79. The van der Waals surface area contributed by atoms with Crippen LogP contribution in [0.15, 0.2) is 48.5 Å². The molecule has 0 nitrogen and oxygen atoms in total. The zero-order valence-electron chi connectivity index (χ0n) is 10.7. The summed E-state index contributed by atoms with van der Waals surface area (Å²) in [7, 11) is 0. The van der Waals surface area contributed by atoms with Gasteiger partial charge in [-0.3, -0.25) is 0 Å². The summed E-state index contributed by atoms with van der Waals surface area (Å²) in [6.07, 6.45) is 0. The van der Waals surface area contributed by atoms with Gasteiger partial charge in [-0.05, 0) is 34.4 Å². The molecule has 0 amide bonds. The van der Waals surface area contributed by atoms with Crippen LogP contribution in [0.4, 0.5) is 0 Å². The van der Waals surface area contributed by atoms with Crippen molar-refractivity contribution in [2.24, 2.45) is 0 Å². The third kappa shape index (κ3) is 4.19. The Balaban J connectivity index is 2.36. The monoisotopic (exact) mass is 522 g/mol. The highest BCUT2D eigenvalue weighted by atomic mass is 79.9. The first-order valence-electron chi connectivity index (χ1n) is 6.26. The number of benzene rings is 2. The lowest BCUT2D eigenvalue weighted by molar-refractivity contribution is 1.15. The Morgan fingerprint density at radius 1 is 0.700 bits per heavy atom. The molecule has 2 rings (SSSR count). The van der Waals surface area contributed by atoms with Crippen molar-refractivity contribution in [3.05, 3.63) is 59.7 Å². The van der Waals surface area contributed by atoms with Gasteiger partial charge in [0.1, 0.15) is 0 Å². The van der Waals surface area contributed by atoms with Gasteiger partial charge in [-0.1, -0.05) is 100 Å². The van der Waals surface area contributed by atoms with Crippen molar-refractivity contribution in [2.75, 3.05) is 10.7 Å². The van der Waals surface area contributed by atoms with Gasteiger partial charge < -0.3 is 0 Å². The van der Waals surface area contributed by atoms with E-state index in [9.17, 15) is 0 Å². The van der Waals surface area contributed by atoms with Crippen LogP contribution in [-0.2, 0) is 0 Å². The molecule has 4 heteroatoms. The van der Waals surface area contributed by atoms with Crippen LogP contribution in [0.2, 0.25) is 0 Å². The second kappa shape index (κ2) is 8.11. The standard InChI is InChI=1S/C16H14Br4/c17-9-15(19)13-5-1-3-11(7-13)12-4-2-6-14(8-12)16(20)10-18/h1-8,15-16H,9-10H2. The van der Waals surface area contributed by atoms with Gasteiger partial charge in [0.2, 0.25) is 0 Å². The average molecular weight is 526 g/mol. The number of alkyl halides is 4. The topological polar surface area (TPSA) is 0 Å². The van der Waals surface area contributed by atoms with Gasteiger partial charge in [0, 0.05) is 20.3 Å². The van der Waals surface area contributed by atoms with Crippen molar-refractivity contribution in [1.29, 1.82) is 0 Å². The third-order valence-electron chi connectivity index (χ3n) is 3.10. The first-order valence-corrected chi connectivity index (χ1v) is 10.3. The van der Waals surface area contributed by atoms with E-state index in [-0.39, 0.29) is 0 Å². The minimum Gasteiger partial charge on any atom is -0.0912 e. The third-order valence-corrected chi connectivity index (χ3v) is 7.84. The summed E-state index contributed by atoms with van der Waals surface area (Å²) < 4.78 is 0. The second-order valence-corrected chi connectivity index (χ2v) is 8.00. The Morgan fingerprint density at radius 2 is 1.10 bits per heavy atom. The fourth-order valence-corrected chi connectivity index (χ4v) is 3.32. The largest absolute Gasteiger partial charge is 0.0912 e. The van der Waals surface area contributed by atoms with Gasteiger partial charge in [0.25, 0.3) is 0 Å². The van der Waals surface area contributed by atoms with Gasteiger partial charge >= 0.3 is 0 Å². The summed E-state index contributed by atoms with van der Waals surface area (Å²) in [5.74, 6) is 0. The quantitative estimate of drug-likeness (QED) is 0.368. The molecule has 2 aromatic rings. The molecule has 0 aliphatic heterocycles. The van der Waals surface area contributed by atoms with Crippen LogP contribution < -0.4 is 0 Å². The van der Waals surface area contributed by atoms with E-state index < -0.39 is 0 Å². The maximum Gasteiger partial charge on any atom is 0.0492 e. The zero-order chi connectivity index (χ0) is 14.5. The van der Waals surface area contributed by atoms with Crippen molar-refractivity contribution in [3.63, 3.8) is 0 Å². The molecular formula is C16H14Br4. The molecule has 0 radical (unpaired) electrons. The van der Waals surface area contributed by atoms with Crippen molar-refractivity contribution < 1.29 is 0 Å². The van der Waals surface area contributed by atoms with Gasteiger partial charge in [0.05, 0.1) is 0 Å². The molecule has 0 aliphatic rings. The summed E-state index contributed by atoms with van der Waals surface area (Å²) in [6, 6.07) is 17.4. The molecule has 0 N–H and O–H groups in total. The Bertz CT molecular complexity index is 516. The number of halogens is 4. The van der Waals surface area contributed by atoms with Crippen LogP contribution in [0.1, 0.15) is 20.8 Å². The van der Waals surface area contributed by atoms with E-state index in [0.717, 1.165) is 10.7 Å². The number of hydrogen-bond donors (Lipinski definition) is 0. The lowest BCUT2D eigenvalue weighted by atomic mass is 9.99. The van der Waals surface area contributed by atoms with E-state index in [4.69, 9.17) is 0 Å².